The van der Waals surface area contributed by atoms with E-state index in [0.29, 0.717) is 18.0 Å². The minimum Gasteiger partial charge on any atom is -0.362 e. The van der Waals surface area contributed by atoms with Gasteiger partial charge < -0.3 is 20.9 Å². The molecule has 1 heterocycles. The first-order valence-electron chi connectivity index (χ1n) is 11.9. The number of fused-ring (bicyclic) bond motifs is 2. The lowest BCUT2D eigenvalue weighted by Crippen LogP contribution is -2.42. The fraction of sp³-hybridized carbons (Fsp3) is 0.423. The summed E-state index contributed by atoms with van der Waals surface area (Å²) < 4.78 is 0. The van der Waals surface area contributed by atoms with Crippen LogP contribution < -0.4 is 20.9 Å². The van der Waals surface area contributed by atoms with Crippen molar-refractivity contribution in [2.75, 3.05) is 29.6 Å². The number of rotatable bonds is 5. The lowest BCUT2D eigenvalue weighted by Gasteiger charge is -2.30. The summed E-state index contributed by atoms with van der Waals surface area (Å²) in [6, 6.07) is 15.6. The quantitative estimate of drug-likeness (QED) is 0.468. The molecule has 3 N–H and O–H groups in total. The Morgan fingerprint density at radius 3 is 2.52 bits per heavy atom. The second-order valence-corrected chi connectivity index (χ2v) is 9.82. The van der Waals surface area contributed by atoms with Gasteiger partial charge in [-0.2, -0.15) is 4.98 Å². The molecule has 0 amide bonds. The molecule has 0 atom stereocenters. The molecule has 33 heavy (non-hydrogen) atoms. The maximum atomic E-state index is 5.60. The second kappa shape index (κ2) is 9.51. The molecule has 2 aliphatic carbocycles. The Bertz CT molecular complexity index is 1150. The van der Waals surface area contributed by atoms with Crippen LogP contribution in [0.4, 0.5) is 17.5 Å². The Kier molecular flexibility index (Phi) is 6.31. The first-order chi connectivity index (χ1) is 16.0. The van der Waals surface area contributed by atoms with Crippen LogP contribution in [0.1, 0.15) is 43.2 Å². The maximum Gasteiger partial charge on any atom is 0.225 e. The van der Waals surface area contributed by atoms with Crippen molar-refractivity contribution in [2.24, 2.45) is 0 Å². The van der Waals surface area contributed by atoms with Crippen molar-refractivity contribution in [1.29, 1.82) is 0 Å². The lowest BCUT2D eigenvalue weighted by molar-refractivity contribution is 0.387. The van der Waals surface area contributed by atoms with Gasteiger partial charge in [-0.1, -0.05) is 18.2 Å². The van der Waals surface area contributed by atoms with Gasteiger partial charge in [-0.15, -0.1) is 0 Å². The molecule has 0 saturated heterocycles. The number of nitrogens with zero attached hydrogens (tertiary/aromatic N) is 3. The summed E-state index contributed by atoms with van der Waals surface area (Å²) in [6.07, 6.45) is 7.91. The van der Waals surface area contributed by atoms with Crippen molar-refractivity contribution in [3.05, 3.63) is 53.6 Å². The normalized spacial score (nSPS) is 19.7. The van der Waals surface area contributed by atoms with E-state index >= 15 is 0 Å². The van der Waals surface area contributed by atoms with E-state index in [2.05, 4.69) is 40.2 Å². The van der Waals surface area contributed by atoms with E-state index in [-0.39, 0.29) is 0 Å². The number of hydrogen-bond acceptors (Lipinski definition) is 5. The number of aryl methyl sites for hydroxylation is 2. The molecular formula is C26H32N6S. The Morgan fingerprint density at radius 1 is 0.939 bits per heavy atom. The fourth-order valence-electron chi connectivity index (χ4n) is 5.03. The van der Waals surface area contributed by atoms with Crippen LogP contribution in [0.25, 0.3) is 10.9 Å². The van der Waals surface area contributed by atoms with Gasteiger partial charge in [0.15, 0.2) is 5.11 Å². The topological polar surface area (TPSA) is 65.1 Å². The highest BCUT2D eigenvalue weighted by molar-refractivity contribution is 7.80. The number of aromatic nitrogens is 2. The zero-order valence-electron chi connectivity index (χ0n) is 19.4. The second-order valence-electron chi connectivity index (χ2n) is 9.41. The van der Waals surface area contributed by atoms with Crippen molar-refractivity contribution in [3.63, 3.8) is 0 Å². The predicted molar refractivity (Wildman–Crippen MR) is 141 cm³/mol. The molecule has 6 nitrogen and oxygen atoms in total. The molecule has 172 valence electrons. The number of hydrogen-bond donors (Lipinski definition) is 3. The molecule has 0 bridgehead atoms. The third-order valence-electron chi connectivity index (χ3n) is 6.76. The molecule has 0 spiro atoms. The molecule has 1 saturated carbocycles. The average molecular weight is 461 g/mol. The summed E-state index contributed by atoms with van der Waals surface area (Å²) >= 11 is 5.60. The summed E-state index contributed by atoms with van der Waals surface area (Å²) in [5.74, 6) is 1.66. The average Bonchev–Trinajstić information content (AvgIpc) is 3.27. The van der Waals surface area contributed by atoms with Crippen molar-refractivity contribution in [1.82, 2.24) is 15.3 Å². The Balaban J connectivity index is 1.15. The minimum atomic E-state index is 0.373. The lowest BCUT2D eigenvalue weighted by atomic mass is 9.91. The van der Waals surface area contributed by atoms with E-state index in [9.17, 15) is 0 Å². The van der Waals surface area contributed by atoms with Crippen LogP contribution in [0, 0.1) is 0 Å². The standard InChI is InChI=1S/C26H32N6S/c1-32(2)24-22-8-3-4-9-23(22)30-25(31-24)27-19-12-14-20(15-13-19)28-26(33)29-21-11-10-17-6-5-7-18(17)16-21/h3-4,8-11,16,19-20H,5-7,12-15H2,1-2H3,(H,27,30,31)(H2,28,29,33). The van der Waals surface area contributed by atoms with Gasteiger partial charge in [0.1, 0.15) is 5.82 Å². The highest BCUT2D eigenvalue weighted by Gasteiger charge is 2.23. The van der Waals surface area contributed by atoms with E-state index in [4.69, 9.17) is 22.2 Å². The van der Waals surface area contributed by atoms with E-state index in [1.165, 1.54) is 30.4 Å². The third kappa shape index (κ3) is 5.03. The van der Waals surface area contributed by atoms with Crippen molar-refractivity contribution in [3.8, 4) is 0 Å². The van der Waals surface area contributed by atoms with E-state index in [0.717, 1.165) is 53.2 Å². The van der Waals surface area contributed by atoms with Gasteiger partial charge in [0.2, 0.25) is 5.95 Å². The summed E-state index contributed by atoms with van der Waals surface area (Å²) in [5.41, 5.74) is 5.01. The largest absolute Gasteiger partial charge is 0.362 e. The van der Waals surface area contributed by atoms with Crippen molar-refractivity contribution < 1.29 is 0 Å². The van der Waals surface area contributed by atoms with Gasteiger partial charge in [0.05, 0.1) is 5.52 Å². The highest BCUT2D eigenvalue weighted by atomic mass is 32.1. The first kappa shape index (κ1) is 21.9. The number of nitrogens with one attached hydrogen (secondary N) is 3. The van der Waals surface area contributed by atoms with Crippen LogP contribution in [-0.2, 0) is 12.8 Å². The summed E-state index contributed by atoms with van der Waals surface area (Å²) in [7, 11) is 4.05. The van der Waals surface area contributed by atoms with E-state index < -0.39 is 0 Å². The van der Waals surface area contributed by atoms with Crippen LogP contribution in [0.15, 0.2) is 42.5 Å². The Labute approximate surface area is 201 Å². The Hall–Kier alpha value is -2.93. The molecule has 2 aliphatic rings. The third-order valence-corrected chi connectivity index (χ3v) is 6.98. The smallest absolute Gasteiger partial charge is 0.225 e. The number of para-hydroxylation sites is 1. The predicted octanol–water partition coefficient (Wildman–Crippen LogP) is 4.89. The minimum absolute atomic E-state index is 0.373. The maximum absolute atomic E-state index is 5.60. The van der Waals surface area contributed by atoms with Gasteiger partial charge in [-0.3, -0.25) is 0 Å². The molecule has 7 heteroatoms. The van der Waals surface area contributed by atoms with Crippen LogP contribution in [0.3, 0.4) is 0 Å². The zero-order chi connectivity index (χ0) is 22.8. The molecule has 0 aliphatic heterocycles. The summed E-state index contributed by atoms with van der Waals surface area (Å²) in [4.78, 5) is 11.6. The monoisotopic (exact) mass is 460 g/mol. The number of thiocarbonyl (C=S) groups is 1. The molecular weight excluding hydrogens is 428 g/mol. The molecule has 1 aromatic heterocycles. The molecule has 0 unspecified atom stereocenters. The zero-order valence-corrected chi connectivity index (χ0v) is 20.2. The van der Waals surface area contributed by atoms with Crippen molar-refractivity contribution in [2.45, 2.75) is 57.0 Å². The van der Waals surface area contributed by atoms with Crippen LogP contribution >= 0.6 is 12.2 Å². The Morgan fingerprint density at radius 2 is 1.70 bits per heavy atom. The van der Waals surface area contributed by atoms with Crippen molar-refractivity contribution >= 4 is 45.7 Å². The van der Waals surface area contributed by atoms with Gasteiger partial charge in [0.25, 0.3) is 0 Å². The van der Waals surface area contributed by atoms with Crippen LogP contribution in [-0.4, -0.2) is 41.3 Å². The van der Waals surface area contributed by atoms with Gasteiger partial charge in [0, 0.05) is 37.3 Å². The van der Waals surface area contributed by atoms with Crippen LogP contribution in [0.2, 0.25) is 0 Å². The molecule has 5 rings (SSSR count). The molecule has 2 aromatic carbocycles. The summed E-state index contributed by atoms with van der Waals surface area (Å²) in [5, 5.41) is 12.3. The number of anilines is 3. The molecule has 0 radical (unpaired) electrons. The highest BCUT2D eigenvalue weighted by Crippen LogP contribution is 2.27. The van der Waals surface area contributed by atoms with Gasteiger partial charge in [-0.25, -0.2) is 4.98 Å². The molecule has 1 fully saturated rings. The van der Waals surface area contributed by atoms with E-state index in [1.54, 1.807) is 0 Å². The fourth-order valence-corrected chi connectivity index (χ4v) is 5.32. The van der Waals surface area contributed by atoms with Crippen LogP contribution in [0.5, 0.6) is 0 Å². The number of benzene rings is 2. The van der Waals surface area contributed by atoms with Gasteiger partial charge in [-0.05, 0) is 92.6 Å². The van der Waals surface area contributed by atoms with E-state index in [1.807, 2.05) is 37.2 Å². The van der Waals surface area contributed by atoms with Gasteiger partial charge >= 0.3 is 0 Å². The summed E-state index contributed by atoms with van der Waals surface area (Å²) in [6.45, 7) is 0. The first-order valence-corrected chi connectivity index (χ1v) is 12.4. The molecule has 3 aromatic rings. The SMILES string of the molecule is CN(C)c1nc(NC2CCC(NC(=S)Nc3ccc4c(c3)CCC4)CC2)nc2ccccc12.